The van der Waals surface area contributed by atoms with Crippen LogP contribution in [-0.2, 0) is 4.79 Å². The summed E-state index contributed by atoms with van der Waals surface area (Å²) in [7, 11) is 0. The summed E-state index contributed by atoms with van der Waals surface area (Å²) >= 11 is 0. The molecule has 1 aromatic rings. The van der Waals surface area contributed by atoms with Crippen molar-refractivity contribution >= 4 is 5.78 Å². The molecule has 1 nitrogen and oxygen atoms in total. The van der Waals surface area contributed by atoms with Gasteiger partial charge in [0.2, 0.25) is 0 Å². The number of benzene rings is 1. The van der Waals surface area contributed by atoms with Gasteiger partial charge in [0.05, 0.1) is 0 Å². The summed E-state index contributed by atoms with van der Waals surface area (Å²) in [5.74, 6) is 0.673. The van der Waals surface area contributed by atoms with Crippen LogP contribution in [0.2, 0.25) is 0 Å². The van der Waals surface area contributed by atoms with E-state index in [2.05, 4.69) is 39.8 Å². The van der Waals surface area contributed by atoms with Gasteiger partial charge in [-0.3, -0.25) is 4.79 Å². The molecule has 0 bridgehead atoms. The first-order valence-electron chi connectivity index (χ1n) is 5.51. The summed E-state index contributed by atoms with van der Waals surface area (Å²) in [4.78, 5) is 11.6. The quantitative estimate of drug-likeness (QED) is 0.734. The van der Waals surface area contributed by atoms with E-state index in [-0.39, 0.29) is 11.7 Å². The van der Waals surface area contributed by atoms with Crippen LogP contribution in [0.5, 0.6) is 0 Å². The van der Waals surface area contributed by atoms with E-state index in [4.69, 9.17) is 0 Å². The second-order valence-electron chi connectivity index (χ2n) is 4.62. The summed E-state index contributed by atoms with van der Waals surface area (Å²) in [6, 6.07) is 6.21. The number of hydrogen-bond donors (Lipinski definition) is 0. The topological polar surface area (TPSA) is 17.1 Å². The van der Waals surface area contributed by atoms with Crippen molar-refractivity contribution < 1.29 is 4.79 Å². The molecule has 1 atom stereocenters. The molecule has 0 aromatic heterocycles. The highest BCUT2D eigenvalue weighted by Crippen LogP contribution is 2.29. The average molecular weight is 204 g/mol. The van der Waals surface area contributed by atoms with Gasteiger partial charge in [-0.1, -0.05) is 32.0 Å². The molecule has 0 amide bonds. The Labute approximate surface area is 92.5 Å². The highest BCUT2D eigenvalue weighted by Gasteiger charge is 2.22. The van der Waals surface area contributed by atoms with Crippen LogP contribution in [-0.4, -0.2) is 5.78 Å². The zero-order valence-electron chi connectivity index (χ0n) is 10.3. The molecule has 0 aliphatic heterocycles. The first-order valence-corrected chi connectivity index (χ1v) is 5.51. The maximum absolute atomic E-state index is 11.6. The largest absolute Gasteiger partial charge is 0.299 e. The highest BCUT2D eigenvalue weighted by atomic mass is 16.1. The van der Waals surface area contributed by atoms with Crippen LogP contribution in [0.1, 0.15) is 43.4 Å². The Kier molecular flexibility index (Phi) is 3.67. The second kappa shape index (κ2) is 4.61. The minimum absolute atomic E-state index is 0.0462. The van der Waals surface area contributed by atoms with Crippen molar-refractivity contribution in [1.29, 1.82) is 0 Å². The Morgan fingerprint density at radius 2 is 1.80 bits per heavy atom. The molecule has 1 heteroatoms. The van der Waals surface area contributed by atoms with Gasteiger partial charge in [-0.2, -0.15) is 0 Å². The van der Waals surface area contributed by atoms with Gasteiger partial charge < -0.3 is 0 Å². The van der Waals surface area contributed by atoms with Crippen LogP contribution in [0.3, 0.4) is 0 Å². The fourth-order valence-corrected chi connectivity index (χ4v) is 2.16. The van der Waals surface area contributed by atoms with Gasteiger partial charge in [0, 0.05) is 5.92 Å². The summed E-state index contributed by atoms with van der Waals surface area (Å²) in [5, 5.41) is 0. The third kappa shape index (κ3) is 2.47. The van der Waals surface area contributed by atoms with Crippen molar-refractivity contribution in [2.45, 2.75) is 40.5 Å². The number of aryl methyl sites for hydroxylation is 1. The van der Waals surface area contributed by atoms with E-state index in [1.807, 2.05) is 6.07 Å². The summed E-state index contributed by atoms with van der Waals surface area (Å²) in [6.45, 7) is 10.1. The van der Waals surface area contributed by atoms with Crippen molar-refractivity contribution in [3.8, 4) is 0 Å². The van der Waals surface area contributed by atoms with Crippen LogP contribution in [0.4, 0.5) is 0 Å². The first-order chi connectivity index (χ1) is 6.95. The summed E-state index contributed by atoms with van der Waals surface area (Å²) in [6.07, 6.45) is 0. The van der Waals surface area contributed by atoms with Gasteiger partial charge in [-0.15, -0.1) is 0 Å². The van der Waals surface area contributed by atoms with E-state index in [0.29, 0.717) is 5.92 Å². The smallest absolute Gasteiger partial charge is 0.137 e. The maximum Gasteiger partial charge on any atom is 0.137 e. The SMILES string of the molecule is CC(=O)C(c1cccc(C)c1C)C(C)C. The number of carbonyl (C=O) groups is 1. The predicted molar refractivity (Wildman–Crippen MR) is 64.2 cm³/mol. The monoisotopic (exact) mass is 204 g/mol. The number of hydrogen-bond acceptors (Lipinski definition) is 1. The highest BCUT2D eigenvalue weighted by molar-refractivity contribution is 5.84. The normalized spacial score (nSPS) is 12.9. The summed E-state index contributed by atoms with van der Waals surface area (Å²) in [5.41, 5.74) is 3.71. The van der Waals surface area contributed by atoms with Crippen LogP contribution < -0.4 is 0 Å². The standard InChI is InChI=1S/C14H20O/c1-9(2)14(12(5)15)13-8-6-7-10(3)11(13)4/h6-9,14H,1-5H3. The third-order valence-electron chi connectivity index (χ3n) is 3.09. The number of ketones is 1. The molecule has 0 saturated heterocycles. The Morgan fingerprint density at radius 3 is 2.27 bits per heavy atom. The van der Waals surface area contributed by atoms with Gasteiger partial charge >= 0.3 is 0 Å². The van der Waals surface area contributed by atoms with Crippen LogP contribution in [0.25, 0.3) is 0 Å². The molecule has 0 heterocycles. The van der Waals surface area contributed by atoms with Crippen molar-refractivity contribution in [3.63, 3.8) is 0 Å². The molecule has 0 saturated carbocycles. The second-order valence-corrected chi connectivity index (χ2v) is 4.62. The molecule has 1 unspecified atom stereocenters. The molecule has 0 N–H and O–H groups in total. The molecule has 0 radical (unpaired) electrons. The molecule has 82 valence electrons. The lowest BCUT2D eigenvalue weighted by atomic mass is 9.82. The van der Waals surface area contributed by atoms with Gasteiger partial charge in [-0.25, -0.2) is 0 Å². The molecule has 1 aromatic carbocycles. The van der Waals surface area contributed by atoms with Crippen molar-refractivity contribution in [3.05, 3.63) is 34.9 Å². The molecular weight excluding hydrogens is 184 g/mol. The van der Waals surface area contributed by atoms with Gasteiger partial charge in [-0.05, 0) is 43.4 Å². The molecule has 0 spiro atoms. The zero-order valence-corrected chi connectivity index (χ0v) is 10.3. The predicted octanol–water partition coefficient (Wildman–Crippen LogP) is 3.63. The Balaban J connectivity index is 3.23. The molecular formula is C14H20O. The maximum atomic E-state index is 11.6. The molecule has 0 fully saturated rings. The Bertz CT molecular complexity index is 364. The third-order valence-corrected chi connectivity index (χ3v) is 3.09. The van der Waals surface area contributed by atoms with E-state index in [1.54, 1.807) is 6.92 Å². The zero-order chi connectivity index (χ0) is 11.6. The van der Waals surface area contributed by atoms with Crippen LogP contribution >= 0.6 is 0 Å². The molecule has 1 rings (SSSR count). The Morgan fingerprint density at radius 1 is 1.20 bits per heavy atom. The molecule has 15 heavy (non-hydrogen) atoms. The lowest BCUT2D eigenvalue weighted by Crippen LogP contribution is -2.16. The molecule has 0 aliphatic carbocycles. The average Bonchev–Trinajstić information content (AvgIpc) is 2.11. The van der Waals surface area contributed by atoms with E-state index in [9.17, 15) is 4.79 Å². The number of Topliss-reactive ketones (excluding diaryl/α,β-unsaturated/α-hetero) is 1. The van der Waals surface area contributed by atoms with E-state index in [0.717, 1.165) is 0 Å². The van der Waals surface area contributed by atoms with Crippen molar-refractivity contribution in [2.75, 3.05) is 0 Å². The fourth-order valence-electron chi connectivity index (χ4n) is 2.16. The summed E-state index contributed by atoms with van der Waals surface area (Å²) < 4.78 is 0. The first kappa shape index (κ1) is 12.0. The van der Waals surface area contributed by atoms with Gasteiger partial charge in [0.1, 0.15) is 5.78 Å². The van der Waals surface area contributed by atoms with Crippen molar-refractivity contribution in [2.24, 2.45) is 5.92 Å². The number of rotatable bonds is 3. The van der Waals surface area contributed by atoms with E-state index >= 15 is 0 Å². The minimum Gasteiger partial charge on any atom is -0.299 e. The lowest BCUT2D eigenvalue weighted by Gasteiger charge is -2.21. The fraction of sp³-hybridized carbons (Fsp3) is 0.500. The van der Waals surface area contributed by atoms with E-state index in [1.165, 1.54) is 16.7 Å². The minimum atomic E-state index is 0.0462. The van der Waals surface area contributed by atoms with Crippen molar-refractivity contribution in [1.82, 2.24) is 0 Å². The Hall–Kier alpha value is -1.11. The van der Waals surface area contributed by atoms with Gasteiger partial charge in [0.25, 0.3) is 0 Å². The number of carbonyl (C=O) groups excluding carboxylic acids is 1. The molecule has 0 aliphatic rings. The lowest BCUT2D eigenvalue weighted by molar-refractivity contribution is -0.119. The van der Waals surface area contributed by atoms with Crippen LogP contribution in [0, 0.1) is 19.8 Å². The van der Waals surface area contributed by atoms with E-state index < -0.39 is 0 Å². The van der Waals surface area contributed by atoms with Gasteiger partial charge in [0.15, 0.2) is 0 Å². The van der Waals surface area contributed by atoms with Crippen LogP contribution in [0.15, 0.2) is 18.2 Å².